The smallest absolute Gasteiger partial charge is 0.338 e. The van der Waals surface area contributed by atoms with Crippen LogP contribution in [0.4, 0.5) is 0 Å². The van der Waals surface area contributed by atoms with Gasteiger partial charge in [-0.25, -0.2) is 4.79 Å². The van der Waals surface area contributed by atoms with E-state index in [1.165, 1.54) is 0 Å². The summed E-state index contributed by atoms with van der Waals surface area (Å²) in [5.74, 6) is -0.00805. The van der Waals surface area contributed by atoms with E-state index in [-0.39, 0.29) is 23.4 Å². The van der Waals surface area contributed by atoms with Crippen molar-refractivity contribution in [1.82, 2.24) is 0 Å². The van der Waals surface area contributed by atoms with Crippen molar-refractivity contribution in [2.24, 2.45) is 0 Å². The lowest BCUT2D eigenvalue weighted by Crippen LogP contribution is -2.18. The van der Waals surface area contributed by atoms with Gasteiger partial charge in [0.25, 0.3) is 0 Å². The van der Waals surface area contributed by atoms with Gasteiger partial charge in [0.1, 0.15) is 12.4 Å². The number of hydrogen-bond acceptors (Lipinski definition) is 3. The molecule has 0 bridgehead atoms. The lowest BCUT2D eigenvalue weighted by Gasteiger charge is -2.28. The molecule has 3 heteroatoms. The predicted molar refractivity (Wildman–Crippen MR) is 106 cm³/mol. The highest BCUT2D eigenvalue weighted by Crippen LogP contribution is 2.39. The third-order valence-corrected chi connectivity index (χ3v) is 4.44. The minimum atomic E-state index is -0.340. The number of aromatic hydroxyl groups is 1. The molecule has 0 aliphatic carbocycles. The van der Waals surface area contributed by atoms with Gasteiger partial charge in [0.2, 0.25) is 0 Å². The highest BCUT2D eigenvalue weighted by atomic mass is 16.5. The van der Waals surface area contributed by atoms with Crippen molar-refractivity contribution >= 4 is 5.97 Å². The van der Waals surface area contributed by atoms with Crippen molar-refractivity contribution in [2.45, 2.75) is 65.9 Å². The number of rotatable bonds is 3. The van der Waals surface area contributed by atoms with E-state index in [1.54, 1.807) is 12.1 Å². The molecule has 2 rings (SSSR count). The fourth-order valence-electron chi connectivity index (χ4n) is 2.84. The maximum absolute atomic E-state index is 12.3. The zero-order chi connectivity index (χ0) is 19.7. The average molecular weight is 354 g/mol. The zero-order valence-electron chi connectivity index (χ0n) is 16.9. The number of benzene rings is 2. The van der Waals surface area contributed by atoms with Crippen molar-refractivity contribution in [2.75, 3.05) is 0 Å². The Labute approximate surface area is 157 Å². The zero-order valence-corrected chi connectivity index (χ0v) is 16.9. The normalized spacial score (nSPS) is 12.1. The first-order valence-corrected chi connectivity index (χ1v) is 9.00. The van der Waals surface area contributed by atoms with Gasteiger partial charge in [0, 0.05) is 0 Å². The number of esters is 1. The van der Waals surface area contributed by atoms with Crippen molar-refractivity contribution in [3.63, 3.8) is 0 Å². The molecule has 0 spiro atoms. The second-order valence-corrected chi connectivity index (χ2v) is 8.98. The summed E-state index contributed by atoms with van der Waals surface area (Å²) in [7, 11) is 0. The van der Waals surface area contributed by atoms with E-state index in [4.69, 9.17) is 4.74 Å². The third-order valence-electron chi connectivity index (χ3n) is 4.44. The average Bonchev–Trinajstić information content (AvgIpc) is 2.52. The summed E-state index contributed by atoms with van der Waals surface area (Å²) in [6.07, 6.45) is 0. The SMILES string of the molecule is Cc1ccc(C(=O)OCc2cc(C(C)(C)C)c(O)c(C(C)(C)C)c2)cc1. The molecule has 0 heterocycles. The number of aryl methyl sites for hydroxylation is 1. The molecule has 2 aromatic carbocycles. The van der Waals surface area contributed by atoms with E-state index in [0.29, 0.717) is 11.3 Å². The molecule has 0 unspecified atom stereocenters. The highest BCUT2D eigenvalue weighted by Gasteiger charge is 2.26. The Morgan fingerprint density at radius 2 is 1.38 bits per heavy atom. The molecule has 0 saturated heterocycles. The molecule has 0 amide bonds. The number of carbonyl (C=O) groups excluding carboxylic acids is 1. The molecular formula is C23H30O3. The predicted octanol–water partition coefficient (Wildman–Crippen LogP) is 5.65. The van der Waals surface area contributed by atoms with E-state index < -0.39 is 0 Å². The number of ether oxygens (including phenoxy) is 1. The lowest BCUT2D eigenvalue weighted by molar-refractivity contribution is 0.0472. The molecule has 0 aliphatic heterocycles. The van der Waals surface area contributed by atoms with Gasteiger partial charge in [-0.2, -0.15) is 0 Å². The summed E-state index contributed by atoms with van der Waals surface area (Å²) in [4.78, 5) is 12.3. The van der Waals surface area contributed by atoms with Crippen LogP contribution in [0.25, 0.3) is 0 Å². The summed E-state index contributed by atoms with van der Waals surface area (Å²) in [5, 5.41) is 10.8. The highest BCUT2D eigenvalue weighted by molar-refractivity contribution is 5.89. The number of phenolic OH excluding ortho intramolecular Hbond substituents is 1. The first kappa shape index (κ1) is 20.0. The van der Waals surface area contributed by atoms with Crippen LogP contribution >= 0.6 is 0 Å². The van der Waals surface area contributed by atoms with Crippen LogP contribution in [-0.2, 0) is 22.2 Å². The summed E-state index contributed by atoms with van der Waals surface area (Å²) >= 11 is 0. The van der Waals surface area contributed by atoms with Gasteiger partial charge < -0.3 is 9.84 Å². The van der Waals surface area contributed by atoms with E-state index in [2.05, 4.69) is 41.5 Å². The summed E-state index contributed by atoms with van der Waals surface area (Å²) in [6, 6.07) is 11.2. The van der Waals surface area contributed by atoms with Crippen LogP contribution in [-0.4, -0.2) is 11.1 Å². The molecule has 0 radical (unpaired) electrons. The molecule has 2 aromatic rings. The Balaban J connectivity index is 2.31. The topological polar surface area (TPSA) is 46.5 Å². The van der Waals surface area contributed by atoms with Gasteiger partial charge in [-0.15, -0.1) is 0 Å². The molecule has 0 saturated carbocycles. The number of phenols is 1. The van der Waals surface area contributed by atoms with Gasteiger partial charge in [0.05, 0.1) is 5.56 Å². The van der Waals surface area contributed by atoms with Crippen molar-refractivity contribution in [3.05, 3.63) is 64.2 Å². The molecule has 140 valence electrons. The Bertz CT molecular complexity index is 753. The van der Waals surface area contributed by atoms with E-state index in [9.17, 15) is 9.90 Å². The van der Waals surface area contributed by atoms with Crippen LogP contribution in [0.3, 0.4) is 0 Å². The first-order chi connectivity index (χ1) is 11.9. The van der Waals surface area contributed by atoms with Crippen molar-refractivity contribution in [3.8, 4) is 5.75 Å². The van der Waals surface area contributed by atoms with Crippen molar-refractivity contribution < 1.29 is 14.6 Å². The Hall–Kier alpha value is -2.29. The molecule has 0 aliphatic rings. The van der Waals surface area contributed by atoms with Gasteiger partial charge in [0.15, 0.2) is 0 Å². The van der Waals surface area contributed by atoms with Crippen LogP contribution in [0, 0.1) is 6.92 Å². The van der Waals surface area contributed by atoms with Gasteiger partial charge in [-0.3, -0.25) is 0 Å². The number of carbonyl (C=O) groups is 1. The van der Waals surface area contributed by atoms with Crippen LogP contribution in [0.2, 0.25) is 0 Å². The molecule has 0 aromatic heterocycles. The van der Waals surface area contributed by atoms with E-state index in [0.717, 1.165) is 22.3 Å². The van der Waals surface area contributed by atoms with Crippen LogP contribution in [0.5, 0.6) is 5.75 Å². The first-order valence-electron chi connectivity index (χ1n) is 9.00. The van der Waals surface area contributed by atoms with Crippen LogP contribution in [0.1, 0.15) is 74.2 Å². The second-order valence-electron chi connectivity index (χ2n) is 8.98. The standard InChI is InChI=1S/C23H30O3/c1-15-8-10-17(11-9-15)21(25)26-14-16-12-18(22(2,3)4)20(24)19(13-16)23(5,6)7/h8-13,24H,14H2,1-7H3. The van der Waals surface area contributed by atoms with Crippen LogP contribution in [0.15, 0.2) is 36.4 Å². The molecule has 0 atom stereocenters. The maximum Gasteiger partial charge on any atom is 0.338 e. The van der Waals surface area contributed by atoms with E-state index >= 15 is 0 Å². The third kappa shape index (κ3) is 4.66. The second kappa shape index (κ2) is 7.14. The quantitative estimate of drug-likeness (QED) is 0.724. The minimum Gasteiger partial charge on any atom is -0.507 e. The molecule has 1 N–H and O–H groups in total. The summed E-state index contributed by atoms with van der Waals surface area (Å²) in [6.45, 7) is 14.6. The Morgan fingerprint density at radius 1 is 0.923 bits per heavy atom. The molecular weight excluding hydrogens is 324 g/mol. The van der Waals surface area contributed by atoms with Gasteiger partial charge >= 0.3 is 5.97 Å². The fraction of sp³-hybridized carbons (Fsp3) is 0.435. The van der Waals surface area contributed by atoms with Crippen LogP contribution < -0.4 is 0 Å². The Kier molecular flexibility index (Phi) is 5.50. The largest absolute Gasteiger partial charge is 0.507 e. The van der Waals surface area contributed by atoms with Gasteiger partial charge in [-0.1, -0.05) is 59.2 Å². The fourth-order valence-corrected chi connectivity index (χ4v) is 2.84. The number of hydrogen-bond donors (Lipinski definition) is 1. The van der Waals surface area contributed by atoms with Gasteiger partial charge in [-0.05, 0) is 58.7 Å². The maximum atomic E-state index is 12.3. The van der Waals surface area contributed by atoms with Crippen molar-refractivity contribution in [1.29, 1.82) is 0 Å². The molecule has 26 heavy (non-hydrogen) atoms. The summed E-state index contributed by atoms with van der Waals surface area (Å²) in [5.41, 5.74) is 3.85. The molecule has 3 nitrogen and oxygen atoms in total. The lowest BCUT2D eigenvalue weighted by atomic mass is 9.78. The Morgan fingerprint density at radius 3 is 1.81 bits per heavy atom. The minimum absolute atomic E-state index is 0.180. The monoisotopic (exact) mass is 354 g/mol. The van der Waals surface area contributed by atoms with E-state index in [1.807, 2.05) is 31.2 Å². The summed E-state index contributed by atoms with van der Waals surface area (Å²) < 4.78 is 5.51. The molecule has 0 fully saturated rings.